The number of urea groups is 1. The predicted molar refractivity (Wildman–Crippen MR) is 68.6 cm³/mol. The van der Waals surface area contributed by atoms with Crippen molar-refractivity contribution in [2.75, 3.05) is 19.6 Å². The van der Waals surface area contributed by atoms with Gasteiger partial charge in [-0.15, -0.1) is 0 Å². The molecule has 2 aliphatic rings. The highest BCUT2D eigenvalue weighted by Gasteiger charge is 2.48. The largest absolute Gasteiger partial charge is 0.391 e. The van der Waals surface area contributed by atoms with Crippen molar-refractivity contribution in [1.29, 1.82) is 0 Å². The smallest absolute Gasteiger partial charge is 0.315 e. The number of amides is 2. The summed E-state index contributed by atoms with van der Waals surface area (Å²) in [7, 11) is 0. The molecule has 0 aliphatic carbocycles. The van der Waals surface area contributed by atoms with Gasteiger partial charge in [0.05, 0.1) is 24.3 Å². The molecule has 110 valence electrons. The van der Waals surface area contributed by atoms with Crippen molar-refractivity contribution in [3.05, 3.63) is 0 Å². The third-order valence-electron chi connectivity index (χ3n) is 3.92. The van der Waals surface area contributed by atoms with E-state index < -0.39 is 30.4 Å². The van der Waals surface area contributed by atoms with Gasteiger partial charge in [0.25, 0.3) is 0 Å². The highest BCUT2D eigenvalue weighted by molar-refractivity contribution is 5.74. The second kappa shape index (κ2) is 6.04. The molecule has 0 radical (unpaired) electrons. The van der Waals surface area contributed by atoms with Crippen molar-refractivity contribution >= 4 is 6.03 Å². The van der Waals surface area contributed by atoms with Crippen LogP contribution < -0.4 is 10.6 Å². The summed E-state index contributed by atoms with van der Waals surface area (Å²) in [6.07, 6.45) is -1.28. The van der Waals surface area contributed by atoms with E-state index in [-0.39, 0.29) is 6.03 Å². The molecule has 2 saturated heterocycles. The molecular formula is C12H23N3O4. The number of hydrogen-bond acceptors (Lipinski definition) is 5. The number of nitrogens with zero attached hydrogens (tertiary/aromatic N) is 1. The second-order valence-corrected chi connectivity index (χ2v) is 5.33. The van der Waals surface area contributed by atoms with Crippen LogP contribution in [0.3, 0.4) is 0 Å². The van der Waals surface area contributed by atoms with Crippen LogP contribution in [0.5, 0.6) is 0 Å². The minimum absolute atomic E-state index is 0.337. The Morgan fingerprint density at radius 2 is 2.05 bits per heavy atom. The Morgan fingerprint density at radius 1 is 1.32 bits per heavy atom. The highest BCUT2D eigenvalue weighted by atomic mass is 16.3. The maximum atomic E-state index is 11.6. The lowest BCUT2D eigenvalue weighted by molar-refractivity contribution is -0.0992. The standard InChI is InChI=1S/C12H23N3O4/c1-2-4-13-12(19)14-7-6-15-5-3-8(16)9(15)11(18)10(7)17/h7-11,16-18H,2-6H2,1H3,(H2,13,14,19)/t7-,8-,9?,10+,11+/m0/s1. The van der Waals surface area contributed by atoms with Crippen LogP contribution in [0.15, 0.2) is 0 Å². The zero-order chi connectivity index (χ0) is 14.0. The first-order valence-corrected chi connectivity index (χ1v) is 6.87. The van der Waals surface area contributed by atoms with Crippen LogP contribution in [0.25, 0.3) is 0 Å². The number of carbonyl (C=O) groups excluding carboxylic acids is 1. The van der Waals surface area contributed by atoms with Gasteiger partial charge >= 0.3 is 6.03 Å². The summed E-state index contributed by atoms with van der Waals surface area (Å²) in [5, 5.41) is 35.2. The van der Waals surface area contributed by atoms with Crippen LogP contribution in [0.2, 0.25) is 0 Å². The second-order valence-electron chi connectivity index (χ2n) is 5.33. The van der Waals surface area contributed by atoms with E-state index in [1.54, 1.807) is 0 Å². The van der Waals surface area contributed by atoms with Crippen molar-refractivity contribution < 1.29 is 20.1 Å². The Balaban J connectivity index is 1.94. The molecule has 0 aromatic rings. The van der Waals surface area contributed by atoms with Crippen LogP contribution in [0.1, 0.15) is 19.8 Å². The van der Waals surface area contributed by atoms with E-state index in [0.29, 0.717) is 26.1 Å². The first kappa shape index (κ1) is 14.5. The van der Waals surface area contributed by atoms with Crippen molar-refractivity contribution in [2.45, 2.75) is 50.2 Å². The molecule has 0 saturated carbocycles. The zero-order valence-corrected chi connectivity index (χ0v) is 11.1. The first-order valence-electron chi connectivity index (χ1n) is 6.87. The topological polar surface area (TPSA) is 105 Å². The molecule has 1 unspecified atom stereocenters. The van der Waals surface area contributed by atoms with E-state index >= 15 is 0 Å². The van der Waals surface area contributed by atoms with Crippen molar-refractivity contribution in [3.63, 3.8) is 0 Å². The molecule has 19 heavy (non-hydrogen) atoms. The molecule has 0 bridgehead atoms. The Morgan fingerprint density at radius 3 is 2.74 bits per heavy atom. The minimum atomic E-state index is -1.05. The molecule has 5 atom stereocenters. The summed E-state index contributed by atoms with van der Waals surface area (Å²) in [6.45, 7) is 3.64. The van der Waals surface area contributed by atoms with Crippen LogP contribution in [-0.4, -0.2) is 76.3 Å². The maximum absolute atomic E-state index is 11.6. The number of nitrogens with one attached hydrogen (secondary N) is 2. The molecule has 2 aliphatic heterocycles. The summed E-state index contributed by atoms with van der Waals surface area (Å²) in [4.78, 5) is 13.5. The molecule has 0 aromatic heterocycles. The van der Waals surface area contributed by atoms with E-state index in [9.17, 15) is 20.1 Å². The summed E-state index contributed by atoms with van der Waals surface area (Å²) in [6, 6.07) is -1.28. The quantitative estimate of drug-likeness (QED) is 0.419. The van der Waals surface area contributed by atoms with E-state index in [1.165, 1.54) is 0 Å². The molecular weight excluding hydrogens is 250 g/mol. The Labute approximate surface area is 112 Å². The van der Waals surface area contributed by atoms with E-state index in [4.69, 9.17) is 0 Å². The Bertz CT molecular complexity index is 328. The van der Waals surface area contributed by atoms with Gasteiger partial charge < -0.3 is 26.0 Å². The van der Waals surface area contributed by atoms with Gasteiger partial charge in [-0.1, -0.05) is 6.92 Å². The lowest BCUT2D eigenvalue weighted by Gasteiger charge is -2.43. The number of aliphatic hydroxyl groups excluding tert-OH is 3. The zero-order valence-electron chi connectivity index (χ0n) is 11.1. The number of rotatable bonds is 3. The third kappa shape index (κ3) is 3.00. The van der Waals surface area contributed by atoms with Gasteiger partial charge in [0.1, 0.15) is 6.10 Å². The van der Waals surface area contributed by atoms with Gasteiger partial charge in [0.15, 0.2) is 0 Å². The predicted octanol–water partition coefficient (Wildman–Crippen LogP) is -1.77. The number of carbonyl (C=O) groups is 1. The van der Waals surface area contributed by atoms with E-state index in [1.807, 2.05) is 11.8 Å². The fourth-order valence-electron chi connectivity index (χ4n) is 2.91. The SMILES string of the molecule is CCCNC(=O)N[C@H]1CN2CC[C@H](O)C2[C@@H](O)[C@@H]1O. The summed E-state index contributed by atoms with van der Waals surface area (Å²) < 4.78 is 0. The number of aliphatic hydroxyl groups is 3. The fraction of sp³-hybridized carbons (Fsp3) is 0.917. The van der Waals surface area contributed by atoms with Crippen LogP contribution in [0.4, 0.5) is 4.79 Å². The van der Waals surface area contributed by atoms with Crippen molar-refractivity contribution in [2.24, 2.45) is 0 Å². The van der Waals surface area contributed by atoms with Crippen LogP contribution >= 0.6 is 0 Å². The first-order chi connectivity index (χ1) is 9.04. The van der Waals surface area contributed by atoms with Crippen molar-refractivity contribution in [1.82, 2.24) is 15.5 Å². The van der Waals surface area contributed by atoms with Gasteiger partial charge in [0, 0.05) is 19.6 Å². The monoisotopic (exact) mass is 273 g/mol. The van der Waals surface area contributed by atoms with E-state index in [0.717, 1.165) is 6.42 Å². The average Bonchev–Trinajstić information content (AvgIpc) is 2.74. The Hall–Kier alpha value is -0.890. The molecule has 7 heteroatoms. The average molecular weight is 273 g/mol. The van der Waals surface area contributed by atoms with Gasteiger partial charge in [-0.05, 0) is 12.8 Å². The number of piperidine rings is 1. The number of hydrogen-bond donors (Lipinski definition) is 5. The molecule has 2 amide bonds. The van der Waals surface area contributed by atoms with Gasteiger partial charge in [0.2, 0.25) is 0 Å². The molecule has 5 N–H and O–H groups in total. The minimum Gasteiger partial charge on any atom is -0.391 e. The number of fused-ring (bicyclic) bond motifs is 1. The Kier molecular flexibility index (Phi) is 4.62. The molecule has 2 heterocycles. The van der Waals surface area contributed by atoms with Gasteiger partial charge in [-0.25, -0.2) is 4.79 Å². The molecule has 0 aromatic carbocycles. The highest BCUT2D eigenvalue weighted by Crippen LogP contribution is 2.28. The molecule has 2 rings (SSSR count). The summed E-state index contributed by atoms with van der Waals surface area (Å²) in [5.41, 5.74) is 0. The lowest BCUT2D eigenvalue weighted by atomic mass is 9.91. The molecule has 2 fully saturated rings. The summed E-state index contributed by atoms with van der Waals surface area (Å²) >= 11 is 0. The van der Waals surface area contributed by atoms with Gasteiger partial charge in [-0.2, -0.15) is 0 Å². The van der Waals surface area contributed by atoms with E-state index in [2.05, 4.69) is 10.6 Å². The van der Waals surface area contributed by atoms with Crippen LogP contribution in [0, 0.1) is 0 Å². The fourth-order valence-corrected chi connectivity index (χ4v) is 2.91. The molecule has 7 nitrogen and oxygen atoms in total. The van der Waals surface area contributed by atoms with Gasteiger partial charge in [-0.3, -0.25) is 4.90 Å². The lowest BCUT2D eigenvalue weighted by Crippen LogP contribution is -2.66. The third-order valence-corrected chi connectivity index (χ3v) is 3.92. The normalized spacial score (nSPS) is 38.8. The summed E-state index contributed by atoms with van der Waals surface area (Å²) in [5.74, 6) is 0. The van der Waals surface area contributed by atoms with Crippen LogP contribution in [-0.2, 0) is 0 Å². The maximum Gasteiger partial charge on any atom is 0.315 e. The molecule has 0 spiro atoms. The van der Waals surface area contributed by atoms with Crippen molar-refractivity contribution in [3.8, 4) is 0 Å².